The predicted octanol–water partition coefficient (Wildman–Crippen LogP) is 1.62. The Balaban J connectivity index is 2.01. The molecule has 146 valence electrons. The Bertz CT molecular complexity index is 760. The molecule has 0 spiro atoms. The largest absolute Gasteiger partial charge is 0.358 e. The summed E-state index contributed by atoms with van der Waals surface area (Å²) in [4.78, 5) is 43.1. The first-order chi connectivity index (χ1) is 12.8. The van der Waals surface area contributed by atoms with Crippen LogP contribution in [0.1, 0.15) is 43.5 Å². The van der Waals surface area contributed by atoms with Gasteiger partial charge in [0.1, 0.15) is 12.6 Å². The molecule has 7 heteroatoms. The third-order valence-electron chi connectivity index (χ3n) is 5.03. The SMILES string of the molecule is CC(C)NC(=O)CN1C(=O)C2CCCCN2c2ccc(C(=O)N(C)C)cc21. The number of hydrogen-bond donors (Lipinski definition) is 1. The monoisotopic (exact) mass is 372 g/mol. The number of amides is 3. The van der Waals surface area contributed by atoms with Gasteiger partial charge in [0.2, 0.25) is 11.8 Å². The zero-order valence-corrected chi connectivity index (χ0v) is 16.5. The van der Waals surface area contributed by atoms with Gasteiger partial charge in [0.15, 0.2) is 0 Å². The summed E-state index contributed by atoms with van der Waals surface area (Å²) in [6.07, 6.45) is 2.83. The van der Waals surface area contributed by atoms with Crippen LogP contribution in [0.4, 0.5) is 11.4 Å². The molecule has 1 atom stereocenters. The van der Waals surface area contributed by atoms with E-state index in [1.165, 1.54) is 4.90 Å². The smallest absolute Gasteiger partial charge is 0.253 e. The Morgan fingerprint density at radius 3 is 2.63 bits per heavy atom. The Morgan fingerprint density at radius 2 is 1.96 bits per heavy atom. The molecule has 0 aromatic heterocycles. The highest BCUT2D eigenvalue weighted by molar-refractivity contribution is 6.09. The Hall–Kier alpha value is -2.57. The molecule has 0 bridgehead atoms. The first kappa shape index (κ1) is 19.2. The molecule has 2 heterocycles. The van der Waals surface area contributed by atoms with E-state index in [4.69, 9.17) is 0 Å². The normalized spacial score (nSPS) is 18.9. The summed E-state index contributed by atoms with van der Waals surface area (Å²) < 4.78 is 0. The fourth-order valence-corrected chi connectivity index (χ4v) is 3.82. The van der Waals surface area contributed by atoms with Crippen molar-refractivity contribution in [1.29, 1.82) is 0 Å². The van der Waals surface area contributed by atoms with E-state index >= 15 is 0 Å². The summed E-state index contributed by atoms with van der Waals surface area (Å²) in [6.45, 7) is 4.56. The minimum atomic E-state index is -0.228. The van der Waals surface area contributed by atoms with Crippen molar-refractivity contribution >= 4 is 29.1 Å². The van der Waals surface area contributed by atoms with Crippen LogP contribution in [0, 0.1) is 0 Å². The Kier molecular flexibility index (Phi) is 5.39. The average molecular weight is 372 g/mol. The third kappa shape index (κ3) is 3.77. The van der Waals surface area contributed by atoms with E-state index in [-0.39, 0.29) is 36.3 Å². The van der Waals surface area contributed by atoms with E-state index in [9.17, 15) is 14.4 Å². The number of anilines is 2. The summed E-state index contributed by atoms with van der Waals surface area (Å²) >= 11 is 0. The lowest BCUT2D eigenvalue weighted by Crippen LogP contribution is -2.57. The van der Waals surface area contributed by atoms with E-state index in [1.54, 1.807) is 31.1 Å². The highest BCUT2D eigenvalue weighted by Gasteiger charge is 2.40. The fraction of sp³-hybridized carbons (Fsp3) is 0.550. The van der Waals surface area contributed by atoms with Gasteiger partial charge in [-0.25, -0.2) is 0 Å². The summed E-state index contributed by atoms with van der Waals surface area (Å²) in [5, 5.41) is 2.85. The number of hydrogen-bond acceptors (Lipinski definition) is 4. The van der Waals surface area contributed by atoms with Gasteiger partial charge in [0, 0.05) is 32.2 Å². The van der Waals surface area contributed by atoms with Gasteiger partial charge in [-0.2, -0.15) is 0 Å². The summed E-state index contributed by atoms with van der Waals surface area (Å²) in [6, 6.07) is 5.22. The van der Waals surface area contributed by atoms with Crippen molar-refractivity contribution in [1.82, 2.24) is 10.2 Å². The van der Waals surface area contributed by atoms with Gasteiger partial charge < -0.3 is 15.1 Å². The van der Waals surface area contributed by atoms with E-state index in [0.717, 1.165) is 31.5 Å². The Morgan fingerprint density at radius 1 is 1.22 bits per heavy atom. The van der Waals surface area contributed by atoms with Crippen molar-refractivity contribution in [2.45, 2.75) is 45.2 Å². The minimum absolute atomic E-state index is 0.00435. The van der Waals surface area contributed by atoms with Crippen LogP contribution >= 0.6 is 0 Å². The lowest BCUT2D eigenvalue weighted by atomic mass is 9.95. The first-order valence-corrected chi connectivity index (χ1v) is 9.52. The van der Waals surface area contributed by atoms with Gasteiger partial charge in [-0.15, -0.1) is 0 Å². The fourth-order valence-electron chi connectivity index (χ4n) is 3.82. The second-order valence-electron chi connectivity index (χ2n) is 7.75. The van der Waals surface area contributed by atoms with Crippen LogP contribution < -0.4 is 15.1 Å². The van der Waals surface area contributed by atoms with Crippen LogP contribution in [0.15, 0.2) is 18.2 Å². The van der Waals surface area contributed by atoms with Gasteiger partial charge in [0.05, 0.1) is 11.4 Å². The number of nitrogens with zero attached hydrogens (tertiary/aromatic N) is 3. The summed E-state index contributed by atoms with van der Waals surface area (Å²) in [5.41, 5.74) is 2.08. The number of carbonyl (C=O) groups excluding carboxylic acids is 3. The van der Waals surface area contributed by atoms with Crippen molar-refractivity contribution in [3.05, 3.63) is 23.8 Å². The lowest BCUT2D eigenvalue weighted by Gasteiger charge is -2.45. The molecule has 1 unspecified atom stereocenters. The molecule has 0 saturated carbocycles. The molecule has 0 aliphatic carbocycles. The summed E-state index contributed by atoms with van der Waals surface area (Å²) in [7, 11) is 3.39. The highest BCUT2D eigenvalue weighted by Crippen LogP contribution is 2.40. The number of piperidine rings is 1. The maximum Gasteiger partial charge on any atom is 0.253 e. The number of benzene rings is 1. The van der Waals surface area contributed by atoms with E-state index < -0.39 is 0 Å². The lowest BCUT2D eigenvalue weighted by molar-refractivity contribution is -0.125. The van der Waals surface area contributed by atoms with Crippen LogP contribution in [0.3, 0.4) is 0 Å². The highest BCUT2D eigenvalue weighted by atomic mass is 16.2. The topological polar surface area (TPSA) is 73.0 Å². The quantitative estimate of drug-likeness (QED) is 0.872. The van der Waals surface area contributed by atoms with Gasteiger partial charge in [-0.3, -0.25) is 19.3 Å². The van der Waals surface area contributed by atoms with Crippen LogP contribution in [-0.4, -0.2) is 61.9 Å². The van der Waals surface area contributed by atoms with Gasteiger partial charge in [-0.05, 0) is 51.3 Å². The number of fused-ring (bicyclic) bond motifs is 3. The van der Waals surface area contributed by atoms with Crippen LogP contribution in [-0.2, 0) is 9.59 Å². The predicted molar refractivity (Wildman–Crippen MR) is 105 cm³/mol. The molecule has 2 aliphatic rings. The van der Waals surface area contributed by atoms with E-state index in [2.05, 4.69) is 10.2 Å². The molecule has 1 fully saturated rings. The maximum atomic E-state index is 13.2. The molecule has 27 heavy (non-hydrogen) atoms. The Labute approximate surface area is 160 Å². The molecular formula is C20H28N4O3. The molecule has 7 nitrogen and oxygen atoms in total. The molecule has 1 aromatic rings. The van der Waals surface area contributed by atoms with Crippen molar-refractivity contribution in [2.75, 3.05) is 37.0 Å². The van der Waals surface area contributed by atoms with Crippen LogP contribution in [0.25, 0.3) is 0 Å². The number of carbonyl (C=O) groups is 3. The second kappa shape index (κ2) is 7.58. The molecule has 0 radical (unpaired) electrons. The summed E-state index contributed by atoms with van der Waals surface area (Å²) in [5.74, 6) is -0.383. The second-order valence-corrected chi connectivity index (χ2v) is 7.75. The van der Waals surface area contributed by atoms with Gasteiger partial charge in [-0.1, -0.05) is 0 Å². The zero-order chi connectivity index (χ0) is 19.7. The standard InChI is InChI=1S/C20H28N4O3/c1-13(2)21-18(25)12-24-17-11-14(19(26)22(3)4)8-9-15(17)23-10-6-5-7-16(23)20(24)27/h8-9,11,13,16H,5-7,10,12H2,1-4H3,(H,21,25). The van der Waals surface area contributed by atoms with Crippen molar-refractivity contribution in [3.63, 3.8) is 0 Å². The first-order valence-electron chi connectivity index (χ1n) is 9.52. The molecule has 1 N–H and O–H groups in total. The zero-order valence-electron chi connectivity index (χ0n) is 16.5. The van der Waals surface area contributed by atoms with Crippen molar-refractivity contribution in [3.8, 4) is 0 Å². The van der Waals surface area contributed by atoms with Gasteiger partial charge >= 0.3 is 0 Å². The number of rotatable bonds is 4. The van der Waals surface area contributed by atoms with Crippen LogP contribution in [0.2, 0.25) is 0 Å². The van der Waals surface area contributed by atoms with E-state index in [1.807, 2.05) is 19.9 Å². The van der Waals surface area contributed by atoms with Crippen LogP contribution in [0.5, 0.6) is 0 Å². The van der Waals surface area contributed by atoms with Crippen molar-refractivity contribution < 1.29 is 14.4 Å². The molecule has 3 rings (SSSR count). The molecule has 1 aromatic carbocycles. The molecule has 3 amide bonds. The average Bonchev–Trinajstić information content (AvgIpc) is 2.63. The third-order valence-corrected chi connectivity index (χ3v) is 5.03. The number of nitrogens with one attached hydrogen (secondary N) is 1. The van der Waals surface area contributed by atoms with Crippen molar-refractivity contribution in [2.24, 2.45) is 0 Å². The van der Waals surface area contributed by atoms with Gasteiger partial charge in [0.25, 0.3) is 5.91 Å². The molecular weight excluding hydrogens is 344 g/mol. The van der Waals surface area contributed by atoms with E-state index in [0.29, 0.717) is 11.3 Å². The minimum Gasteiger partial charge on any atom is -0.358 e. The maximum absolute atomic E-state index is 13.2. The molecule has 1 saturated heterocycles. The molecule has 2 aliphatic heterocycles.